The van der Waals surface area contributed by atoms with E-state index in [2.05, 4.69) is 10.1 Å². The van der Waals surface area contributed by atoms with Crippen LogP contribution in [0, 0.1) is 0 Å². The van der Waals surface area contributed by atoms with Crippen LogP contribution in [0.1, 0.15) is 23.5 Å². The molecule has 1 aromatic carbocycles. The highest BCUT2D eigenvalue weighted by Crippen LogP contribution is 2.26. The number of primary amides is 1. The van der Waals surface area contributed by atoms with Crippen molar-refractivity contribution in [3.63, 3.8) is 0 Å². The zero-order chi connectivity index (χ0) is 18.1. The number of carbonyl (C=O) groups excluding carboxylic acids is 2. The van der Waals surface area contributed by atoms with E-state index < -0.39 is 11.9 Å². The summed E-state index contributed by atoms with van der Waals surface area (Å²) in [6, 6.07) is 12.8. The van der Waals surface area contributed by atoms with Gasteiger partial charge in [0.05, 0.1) is 10.6 Å². The molecular formula is C18H17N5O2S. The van der Waals surface area contributed by atoms with Crippen molar-refractivity contribution >= 4 is 23.2 Å². The summed E-state index contributed by atoms with van der Waals surface area (Å²) in [5.74, 6) is -0.176. The topological polar surface area (TPSA) is 94.1 Å². The fourth-order valence-electron chi connectivity index (χ4n) is 3.15. The molecule has 1 aliphatic heterocycles. The quantitative estimate of drug-likeness (QED) is 0.764. The van der Waals surface area contributed by atoms with Crippen molar-refractivity contribution in [3.05, 3.63) is 53.7 Å². The second-order valence-corrected chi connectivity index (χ2v) is 6.99. The number of nitrogens with zero attached hydrogens (tertiary/aromatic N) is 4. The van der Waals surface area contributed by atoms with E-state index in [-0.39, 0.29) is 11.7 Å². The number of carbonyl (C=O) groups is 2. The molecule has 0 radical (unpaired) electrons. The molecule has 26 heavy (non-hydrogen) atoms. The molecule has 1 saturated heterocycles. The maximum Gasteiger partial charge on any atom is 0.294 e. The molecule has 1 atom stereocenters. The third-order valence-electron chi connectivity index (χ3n) is 4.38. The maximum atomic E-state index is 12.9. The minimum absolute atomic E-state index is 0.0744. The van der Waals surface area contributed by atoms with Gasteiger partial charge >= 0.3 is 0 Å². The van der Waals surface area contributed by atoms with Crippen molar-refractivity contribution in [2.45, 2.75) is 18.9 Å². The van der Waals surface area contributed by atoms with Crippen LogP contribution in [0.4, 0.5) is 0 Å². The fraction of sp³-hybridized carbons (Fsp3) is 0.222. The Bertz CT molecular complexity index is 936. The van der Waals surface area contributed by atoms with Crippen LogP contribution >= 0.6 is 11.3 Å². The Morgan fingerprint density at radius 2 is 1.96 bits per heavy atom. The van der Waals surface area contributed by atoms with Crippen molar-refractivity contribution in [3.8, 4) is 16.4 Å². The Morgan fingerprint density at radius 1 is 1.15 bits per heavy atom. The van der Waals surface area contributed by atoms with Crippen molar-refractivity contribution in [2.75, 3.05) is 6.54 Å². The van der Waals surface area contributed by atoms with Gasteiger partial charge in [0.25, 0.3) is 5.91 Å². The van der Waals surface area contributed by atoms with Crippen molar-refractivity contribution < 1.29 is 9.59 Å². The van der Waals surface area contributed by atoms with E-state index in [1.807, 2.05) is 47.8 Å². The summed E-state index contributed by atoms with van der Waals surface area (Å²) < 4.78 is 1.66. The van der Waals surface area contributed by atoms with Gasteiger partial charge in [0.2, 0.25) is 11.7 Å². The summed E-state index contributed by atoms with van der Waals surface area (Å²) in [6.07, 6.45) is 1.33. The number of aromatic nitrogens is 3. The van der Waals surface area contributed by atoms with Crippen molar-refractivity contribution in [1.82, 2.24) is 19.7 Å². The van der Waals surface area contributed by atoms with Gasteiger partial charge in [-0.05, 0) is 36.4 Å². The number of rotatable bonds is 4. The van der Waals surface area contributed by atoms with Gasteiger partial charge < -0.3 is 10.6 Å². The summed E-state index contributed by atoms with van der Waals surface area (Å²) in [5, 5.41) is 6.39. The second kappa shape index (κ2) is 6.72. The maximum absolute atomic E-state index is 12.9. The first-order valence-electron chi connectivity index (χ1n) is 8.32. The summed E-state index contributed by atoms with van der Waals surface area (Å²) in [4.78, 5) is 31.4. The molecular weight excluding hydrogens is 350 g/mol. The van der Waals surface area contributed by atoms with Gasteiger partial charge in [-0.1, -0.05) is 24.3 Å². The zero-order valence-electron chi connectivity index (χ0n) is 13.9. The minimum Gasteiger partial charge on any atom is -0.368 e. The van der Waals surface area contributed by atoms with Crippen LogP contribution < -0.4 is 5.73 Å². The molecule has 2 amide bonds. The van der Waals surface area contributed by atoms with Gasteiger partial charge in [-0.15, -0.1) is 16.4 Å². The number of para-hydroxylation sites is 1. The summed E-state index contributed by atoms with van der Waals surface area (Å²) in [5.41, 5.74) is 6.25. The summed E-state index contributed by atoms with van der Waals surface area (Å²) in [6.45, 7) is 0.487. The largest absolute Gasteiger partial charge is 0.368 e. The van der Waals surface area contributed by atoms with Crippen molar-refractivity contribution in [2.24, 2.45) is 5.73 Å². The first kappa shape index (κ1) is 16.5. The van der Waals surface area contributed by atoms with E-state index in [1.165, 1.54) is 16.2 Å². The van der Waals surface area contributed by atoms with E-state index in [4.69, 9.17) is 5.73 Å². The van der Waals surface area contributed by atoms with Gasteiger partial charge in [0, 0.05) is 6.54 Å². The first-order chi connectivity index (χ1) is 12.6. The molecule has 8 heteroatoms. The highest BCUT2D eigenvalue weighted by atomic mass is 32.1. The molecule has 0 aliphatic carbocycles. The molecule has 1 unspecified atom stereocenters. The SMILES string of the molecule is NC(=O)C1CCCN1C(=O)c1nc(-c2cccs2)n(-c2ccccc2)n1. The van der Waals surface area contributed by atoms with Crippen LogP contribution in [0.3, 0.4) is 0 Å². The minimum atomic E-state index is -0.587. The van der Waals surface area contributed by atoms with Gasteiger partial charge in [-0.3, -0.25) is 9.59 Å². The summed E-state index contributed by atoms with van der Waals surface area (Å²) in [7, 11) is 0. The van der Waals surface area contributed by atoms with Crippen LogP contribution in [0.5, 0.6) is 0 Å². The second-order valence-electron chi connectivity index (χ2n) is 6.04. The van der Waals surface area contributed by atoms with Gasteiger partial charge in [0.1, 0.15) is 6.04 Å². The first-order valence-corrected chi connectivity index (χ1v) is 9.20. The van der Waals surface area contributed by atoms with Gasteiger partial charge in [-0.2, -0.15) is 0 Å². The van der Waals surface area contributed by atoms with E-state index in [9.17, 15) is 9.59 Å². The lowest BCUT2D eigenvalue weighted by Gasteiger charge is -2.20. The van der Waals surface area contributed by atoms with E-state index >= 15 is 0 Å². The normalized spacial score (nSPS) is 16.8. The smallest absolute Gasteiger partial charge is 0.294 e. The van der Waals surface area contributed by atoms with Crippen LogP contribution in [0.15, 0.2) is 47.8 Å². The van der Waals surface area contributed by atoms with Gasteiger partial charge in [-0.25, -0.2) is 9.67 Å². The molecule has 7 nitrogen and oxygen atoms in total. The predicted octanol–water partition coefficient (Wildman–Crippen LogP) is 2.09. The van der Waals surface area contributed by atoms with Crippen LogP contribution in [0.25, 0.3) is 16.4 Å². The predicted molar refractivity (Wildman–Crippen MR) is 97.9 cm³/mol. The number of hydrogen-bond acceptors (Lipinski definition) is 5. The molecule has 2 aromatic heterocycles. The Hall–Kier alpha value is -3.00. The Balaban J connectivity index is 1.76. The standard InChI is InChI=1S/C18H17N5O2S/c19-15(24)13-8-4-10-22(13)18(25)16-20-17(14-9-5-11-26-14)23(21-16)12-6-2-1-3-7-12/h1-3,5-7,9,11,13H,4,8,10H2,(H2,19,24). The zero-order valence-corrected chi connectivity index (χ0v) is 14.7. The molecule has 1 aliphatic rings. The average molecular weight is 367 g/mol. The fourth-order valence-corrected chi connectivity index (χ4v) is 3.85. The molecule has 3 aromatic rings. The summed E-state index contributed by atoms with van der Waals surface area (Å²) >= 11 is 1.53. The lowest BCUT2D eigenvalue weighted by Crippen LogP contribution is -2.44. The molecule has 4 rings (SSSR count). The Labute approximate surface area is 154 Å². The van der Waals surface area contributed by atoms with Crippen LogP contribution in [0.2, 0.25) is 0 Å². The average Bonchev–Trinajstić information content (AvgIpc) is 3.41. The number of thiophene rings is 1. The molecule has 1 fully saturated rings. The van der Waals surface area contributed by atoms with Gasteiger partial charge in [0.15, 0.2) is 5.82 Å². The van der Waals surface area contributed by atoms with Crippen LogP contribution in [-0.4, -0.2) is 44.1 Å². The molecule has 0 spiro atoms. The molecule has 0 bridgehead atoms. The number of likely N-dealkylation sites (tertiary alicyclic amines) is 1. The lowest BCUT2D eigenvalue weighted by molar-refractivity contribution is -0.121. The molecule has 2 N–H and O–H groups in total. The molecule has 132 valence electrons. The molecule has 3 heterocycles. The number of hydrogen-bond donors (Lipinski definition) is 1. The van der Waals surface area contributed by atoms with Crippen LogP contribution in [-0.2, 0) is 4.79 Å². The Kier molecular flexibility index (Phi) is 4.26. The highest BCUT2D eigenvalue weighted by Gasteiger charge is 2.35. The van der Waals surface area contributed by atoms with Crippen molar-refractivity contribution in [1.29, 1.82) is 0 Å². The lowest BCUT2D eigenvalue weighted by atomic mass is 10.2. The third kappa shape index (κ3) is 2.88. The van der Waals surface area contributed by atoms with E-state index in [1.54, 1.807) is 4.68 Å². The number of nitrogens with two attached hydrogens (primary N) is 1. The number of benzene rings is 1. The Morgan fingerprint density at radius 3 is 2.65 bits per heavy atom. The monoisotopic (exact) mass is 367 g/mol. The highest BCUT2D eigenvalue weighted by molar-refractivity contribution is 7.13. The number of amides is 2. The van der Waals surface area contributed by atoms with E-state index in [0.717, 1.165) is 17.0 Å². The van der Waals surface area contributed by atoms with E-state index in [0.29, 0.717) is 18.8 Å². The molecule has 0 saturated carbocycles. The third-order valence-corrected chi connectivity index (χ3v) is 5.25.